The topological polar surface area (TPSA) is 24.9 Å². The molecule has 4 atom stereocenters. The molecule has 0 aromatic carbocycles. The molecule has 0 saturated heterocycles. The molecule has 106 valence electrons. The van der Waals surface area contributed by atoms with Crippen LogP contribution in [0.1, 0.15) is 51.8 Å². The Morgan fingerprint density at radius 1 is 1.37 bits per heavy atom. The quantitative estimate of drug-likeness (QED) is 0.877. The van der Waals surface area contributed by atoms with Gasteiger partial charge >= 0.3 is 0 Å². The third kappa shape index (κ3) is 3.57. The van der Waals surface area contributed by atoms with Crippen LogP contribution >= 0.6 is 15.9 Å². The molecule has 19 heavy (non-hydrogen) atoms. The minimum Gasteiger partial charge on any atom is -0.309 e. The van der Waals surface area contributed by atoms with Crippen molar-refractivity contribution in [3.8, 4) is 0 Å². The van der Waals surface area contributed by atoms with E-state index in [0.717, 1.165) is 22.9 Å². The Hall–Kier alpha value is -0.410. The van der Waals surface area contributed by atoms with Crippen molar-refractivity contribution in [2.24, 2.45) is 17.8 Å². The van der Waals surface area contributed by atoms with E-state index in [0.29, 0.717) is 12.0 Å². The molecule has 0 radical (unpaired) electrons. The van der Waals surface area contributed by atoms with Crippen molar-refractivity contribution in [2.75, 3.05) is 6.54 Å². The van der Waals surface area contributed by atoms with Gasteiger partial charge in [0.05, 0.1) is 11.7 Å². The number of pyridine rings is 1. The molecule has 4 unspecified atom stereocenters. The van der Waals surface area contributed by atoms with E-state index >= 15 is 0 Å². The molecule has 1 aromatic heterocycles. The fraction of sp³-hybridized carbons (Fsp3) is 0.688. The van der Waals surface area contributed by atoms with Crippen LogP contribution in [-0.2, 0) is 0 Å². The highest BCUT2D eigenvalue weighted by Crippen LogP contribution is 2.40. The Morgan fingerprint density at radius 3 is 2.79 bits per heavy atom. The third-order valence-corrected chi connectivity index (χ3v) is 5.29. The van der Waals surface area contributed by atoms with Gasteiger partial charge in [-0.25, -0.2) is 0 Å². The second-order valence-corrected chi connectivity index (χ2v) is 6.79. The number of nitrogens with one attached hydrogen (secondary N) is 1. The van der Waals surface area contributed by atoms with Gasteiger partial charge in [-0.1, -0.05) is 27.2 Å². The Labute approximate surface area is 125 Å². The van der Waals surface area contributed by atoms with Crippen LogP contribution in [0, 0.1) is 17.8 Å². The van der Waals surface area contributed by atoms with Crippen LogP contribution in [0.3, 0.4) is 0 Å². The Balaban J connectivity index is 2.19. The van der Waals surface area contributed by atoms with E-state index in [2.05, 4.69) is 53.1 Å². The fourth-order valence-corrected chi connectivity index (χ4v) is 3.73. The summed E-state index contributed by atoms with van der Waals surface area (Å²) in [5.41, 5.74) is 1.18. The van der Waals surface area contributed by atoms with E-state index in [9.17, 15) is 0 Å². The van der Waals surface area contributed by atoms with Gasteiger partial charge in [0.1, 0.15) is 0 Å². The molecule has 3 heteroatoms. The molecule has 1 aromatic rings. The number of aromatic nitrogens is 1. The molecule has 0 bridgehead atoms. The van der Waals surface area contributed by atoms with Crippen molar-refractivity contribution in [2.45, 2.75) is 46.1 Å². The van der Waals surface area contributed by atoms with Crippen molar-refractivity contribution in [1.82, 2.24) is 10.3 Å². The minimum absolute atomic E-state index is 0.385. The number of halogens is 1. The molecule has 2 nitrogen and oxygen atoms in total. The maximum absolute atomic E-state index is 4.61. The zero-order valence-electron chi connectivity index (χ0n) is 12.2. The lowest BCUT2D eigenvalue weighted by atomic mass is 9.72. The summed E-state index contributed by atoms with van der Waals surface area (Å²) < 4.78 is 1.13. The zero-order chi connectivity index (χ0) is 13.8. The predicted octanol–water partition coefficient (Wildman–Crippen LogP) is 4.57. The molecule has 1 fully saturated rings. The third-order valence-electron chi connectivity index (χ3n) is 4.62. The van der Waals surface area contributed by atoms with Crippen LogP contribution in [0.15, 0.2) is 22.8 Å². The molecule has 1 heterocycles. The number of hydrogen-bond acceptors (Lipinski definition) is 2. The molecular formula is C16H25BrN2. The smallest absolute Gasteiger partial charge is 0.0717 e. The summed E-state index contributed by atoms with van der Waals surface area (Å²) in [7, 11) is 0. The largest absolute Gasteiger partial charge is 0.309 e. The number of nitrogens with zero attached hydrogens (tertiary/aromatic N) is 1. The van der Waals surface area contributed by atoms with Gasteiger partial charge < -0.3 is 5.32 Å². The molecule has 2 rings (SSSR count). The highest BCUT2D eigenvalue weighted by atomic mass is 79.9. The first kappa shape index (κ1) is 15.0. The Morgan fingerprint density at radius 2 is 2.16 bits per heavy atom. The number of rotatable bonds is 4. The van der Waals surface area contributed by atoms with Gasteiger partial charge in [0.2, 0.25) is 0 Å². The van der Waals surface area contributed by atoms with Gasteiger partial charge in [-0.3, -0.25) is 4.98 Å². The average molecular weight is 325 g/mol. The first-order valence-electron chi connectivity index (χ1n) is 7.47. The van der Waals surface area contributed by atoms with E-state index < -0.39 is 0 Å². The molecular weight excluding hydrogens is 300 g/mol. The van der Waals surface area contributed by atoms with Crippen LogP contribution < -0.4 is 5.32 Å². The summed E-state index contributed by atoms with van der Waals surface area (Å²) >= 11 is 3.66. The molecule has 0 amide bonds. The molecule has 1 N–H and O–H groups in total. The summed E-state index contributed by atoms with van der Waals surface area (Å²) in [5, 5.41) is 3.65. The highest BCUT2D eigenvalue weighted by Gasteiger charge is 2.31. The van der Waals surface area contributed by atoms with Gasteiger partial charge in [0.25, 0.3) is 0 Å². The summed E-state index contributed by atoms with van der Waals surface area (Å²) in [6.07, 6.45) is 5.87. The van der Waals surface area contributed by atoms with Crippen molar-refractivity contribution in [1.29, 1.82) is 0 Å². The molecule has 1 saturated carbocycles. The summed E-state index contributed by atoms with van der Waals surface area (Å²) in [6.45, 7) is 7.96. The fourth-order valence-electron chi connectivity index (χ4n) is 3.23. The molecule has 0 spiro atoms. The molecule has 1 aliphatic rings. The lowest BCUT2D eigenvalue weighted by molar-refractivity contribution is 0.170. The van der Waals surface area contributed by atoms with Gasteiger partial charge in [-0.2, -0.15) is 0 Å². The average Bonchev–Trinajstić information content (AvgIpc) is 2.40. The first-order chi connectivity index (χ1) is 9.13. The predicted molar refractivity (Wildman–Crippen MR) is 84.0 cm³/mol. The van der Waals surface area contributed by atoms with Crippen molar-refractivity contribution in [3.63, 3.8) is 0 Å². The van der Waals surface area contributed by atoms with Crippen LogP contribution in [0.5, 0.6) is 0 Å². The first-order valence-corrected chi connectivity index (χ1v) is 8.26. The van der Waals surface area contributed by atoms with Crippen molar-refractivity contribution >= 4 is 15.9 Å². The Bertz CT molecular complexity index is 407. The minimum atomic E-state index is 0.385. The van der Waals surface area contributed by atoms with E-state index in [-0.39, 0.29) is 0 Å². The summed E-state index contributed by atoms with van der Waals surface area (Å²) in [4.78, 5) is 4.61. The second-order valence-electron chi connectivity index (χ2n) is 5.93. The zero-order valence-corrected chi connectivity index (χ0v) is 13.8. The number of hydrogen-bond donors (Lipinski definition) is 1. The van der Waals surface area contributed by atoms with Gasteiger partial charge in [0, 0.05) is 10.7 Å². The highest BCUT2D eigenvalue weighted by molar-refractivity contribution is 9.10. The monoisotopic (exact) mass is 324 g/mol. The second kappa shape index (κ2) is 6.85. The van der Waals surface area contributed by atoms with Gasteiger partial charge in [-0.05, 0) is 65.2 Å². The maximum atomic E-state index is 4.61. The maximum Gasteiger partial charge on any atom is 0.0717 e. The van der Waals surface area contributed by atoms with Gasteiger partial charge in [0.15, 0.2) is 0 Å². The van der Waals surface area contributed by atoms with Crippen LogP contribution in [0.25, 0.3) is 0 Å². The Kier molecular flexibility index (Phi) is 5.40. The SMILES string of the molecule is CCNC(c1ncccc1Br)C1CCC(C)C(C)C1. The van der Waals surface area contributed by atoms with E-state index in [1.165, 1.54) is 25.0 Å². The van der Waals surface area contributed by atoms with Crippen molar-refractivity contribution < 1.29 is 0 Å². The van der Waals surface area contributed by atoms with Crippen LogP contribution in [0.4, 0.5) is 0 Å². The summed E-state index contributed by atoms with van der Waals surface area (Å²) in [5.74, 6) is 2.39. The van der Waals surface area contributed by atoms with E-state index in [4.69, 9.17) is 0 Å². The van der Waals surface area contributed by atoms with Crippen LogP contribution in [-0.4, -0.2) is 11.5 Å². The van der Waals surface area contributed by atoms with E-state index in [1.807, 2.05) is 12.3 Å². The lowest BCUT2D eigenvalue weighted by Gasteiger charge is -2.37. The van der Waals surface area contributed by atoms with Crippen molar-refractivity contribution in [3.05, 3.63) is 28.5 Å². The van der Waals surface area contributed by atoms with Gasteiger partial charge in [-0.15, -0.1) is 0 Å². The van der Waals surface area contributed by atoms with Crippen LogP contribution in [0.2, 0.25) is 0 Å². The lowest BCUT2D eigenvalue weighted by Crippen LogP contribution is -2.34. The summed E-state index contributed by atoms with van der Waals surface area (Å²) in [6, 6.07) is 4.47. The standard InChI is InChI=1S/C16H25BrN2/c1-4-18-15(16-14(17)6-5-9-19-16)13-8-7-11(2)12(3)10-13/h5-6,9,11-13,15,18H,4,7-8,10H2,1-3H3. The van der Waals surface area contributed by atoms with E-state index in [1.54, 1.807) is 0 Å². The molecule has 0 aliphatic heterocycles. The molecule has 1 aliphatic carbocycles. The normalized spacial score (nSPS) is 29.2.